The summed E-state index contributed by atoms with van der Waals surface area (Å²) in [5, 5.41) is 0. The summed E-state index contributed by atoms with van der Waals surface area (Å²) in [4.78, 5) is 12.5. The lowest BCUT2D eigenvalue weighted by molar-refractivity contribution is -0.117. The minimum Gasteiger partial charge on any atom is -0.445 e. The van der Waals surface area contributed by atoms with Crippen molar-refractivity contribution >= 4 is 24.0 Å². The number of fused-ring (bicyclic) bond motifs is 1. The number of rotatable bonds is 1. The van der Waals surface area contributed by atoms with Crippen LogP contribution in [0.4, 0.5) is 18.6 Å². The second-order valence-electron chi connectivity index (χ2n) is 3.59. The third kappa shape index (κ3) is 1.60. The number of hydrogen-bond acceptors (Lipinski definition) is 1. The molecule has 80 valence electrons. The summed E-state index contributed by atoms with van der Waals surface area (Å²) in [7, 11) is 1.49. The van der Waals surface area contributed by atoms with Crippen molar-refractivity contribution in [3.05, 3.63) is 23.8 Å². The van der Waals surface area contributed by atoms with Crippen molar-refractivity contribution < 1.29 is 17.7 Å². The van der Waals surface area contributed by atoms with Crippen LogP contribution in [0.1, 0.15) is 5.56 Å². The van der Waals surface area contributed by atoms with Crippen LogP contribution in [0.5, 0.6) is 0 Å². The van der Waals surface area contributed by atoms with Crippen molar-refractivity contribution in [1.29, 1.82) is 0 Å². The summed E-state index contributed by atoms with van der Waals surface area (Å²) >= 11 is 0. The molecule has 2 rings (SSSR count). The molecule has 2 nitrogen and oxygen atoms in total. The lowest BCUT2D eigenvalue weighted by Crippen LogP contribution is -2.34. The zero-order chi connectivity index (χ0) is 11.2. The molecule has 1 aliphatic rings. The molecule has 0 aromatic heterocycles. The molecule has 1 aromatic carbocycles. The molecule has 0 saturated heterocycles. The van der Waals surface area contributed by atoms with E-state index in [9.17, 15) is 17.7 Å². The predicted octanol–water partition coefficient (Wildman–Crippen LogP) is 1.26. The molecule has 0 spiro atoms. The van der Waals surface area contributed by atoms with Gasteiger partial charge in [-0.2, -0.15) is 0 Å². The van der Waals surface area contributed by atoms with E-state index < -0.39 is 12.4 Å². The van der Waals surface area contributed by atoms with Gasteiger partial charge in [0.25, 0.3) is 0 Å². The SMILES string of the molecule is CN1C(=O)Cc2ccc([B-](F)(F)F)cc21. The Labute approximate surface area is 84.7 Å². The highest BCUT2D eigenvalue weighted by Gasteiger charge is 2.29. The molecule has 0 unspecified atom stereocenters. The van der Waals surface area contributed by atoms with Gasteiger partial charge in [0.05, 0.1) is 6.42 Å². The van der Waals surface area contributed by atoms with Crippen molar-refractivity contribution in [3.8, 4) is 0 Å². The Morgan fingerprint density at radius 2 is 2.00 bits per heavy atom. The van der Waals surface area contributed by atoms with Crippen molar-refractivity contribution in [2.75, 3.05) is 11.9 Å². The smallest absolute Gasteiger partial charge is 0.445 e. The zero-order valence-electron chi connectivity index (χ0n) is 8.01. The molecular formula is C9H8BF3NO-. The maximum absolute atomic E-state index is 12.4. The number of likely N-dealkylation sites (N-methyl/N-ethyl adjacent to an activating group) is 1. The van der Waals surface area contributed by atoms with E-state index in [1.807, 2.05) is 0 Å². The van der Waals surface area contributed by atoms with E-state index in [-0.39, 0.29) is 12.3 Å². The summed E-state index contributed by atoms with van der Waals surface area (Å²) in [6.45, 7) is -4.99. The Morgan fingerprint density at radius 1 is 1.33 bits per heavy atom. The third-order valence-corrected chi connectivity index (χ3v) is 2.56. The van der Waals surface area contributed by atoms with Gasteiger partial charge in [-0.25, -0.2) is 0 Å². The molecule has 1 aromatic rings. The first-order valence-corrected chi connectivity index (χ1v) is 4.49. The number of anilines is 1. The Morgan fingerprint density at radius 3 is 2.60 bits per heavy atom. The van der Waals surface area contributed by atoms with Gasteiger partial charge in [-0.1, -0.05) is 18.2 Å². The molecule has 0 fully saturated rings. The maximum Gasteiger partial charge on any atom is 0.509 e. The Bertz CT molecular complexity index is 430. The van der Waals surface area contributed by atoms with Gasteiger partial charge in [0.15, 0.2) is 0 Å². The van der Waals surface area contributed by atoms with Crippen molar-refractivity contribution in [3.63, 3.8) is 0 Å². The molecule has 0 atom stereocenters. The quantitative estimate of drug-likeness (QED) is 0.644. The second kappa shape index (κ2) is 3.02. The highest BCUT2D eigenvalue weighted by Crippen LogP contribution is 2.27. The molecule has 0 saturated carbocycles. The van der Waals surface area contributed by atoms with Crippen LogP contribution in [0.25, 0.3) is 0 Å². The number of hydrogen-bond donors (Lipinski definition) is 0. The number of nitrogens with zero attached hydrogens (tertiary/aromatic N) is 1. The van der Waals surface area contributed by atoms with E-state index in [0.29, 0.717) is 11.3 Å². The van der Waals surface area contributed by atoms with Gasteiger partial charge >= 0.3 is 6.98 Å². The van der Waals surface area contributed by atoms with Gasteiger partial charge in [-0.3, -0.25) is 4.79 Å². The third-order valence-electron chi connectivity index (χ3n) is 2.56. The van der Waals surface area contributed by atoms with E-state index in [0.717, 1.165) is 12.1 Å². The average molecular weight is 214 g/mol. The van der Waals surface area contributed by atoms with Crippen LogP contribution in [-0.2, 0) is 11.2 Å². The Kier molecular flexibility index (Phi) is 2.03. The first-order chi connectivity index (χ1) is 6.89. The molecule has 0 radical (unpaired) electrons. The van der Waals surface area contributed by atoms with Crippen LogP contribution < -0.4 is 10.4 Å². The van der Waals surface area contributed by atoms with Gasteiger partial charge in [-0.15, -0.1) is 5.46 Å². The predicted molar refractivity (Wildman–Crippen MR) is 52.3 cm³/mol. The molecule has 1 heterocycles. The maximum atomic E-state index is 12.4. The topological polar surface area (TPSA) is 20.3 Å². The number of halogens is 3. The van der Waals surface area contributed by atoms with E-state index >= 15 is 0 Å². The van der Waals surface area contributed by atoms with E-state index in [4.69, 9.17) is 0 Å². The van der Waals surface area contributed by atoms with Crippen LogP contribution in [0, 0.1) is 0 Å². The molecule has 15 heavy (non-hydrogen) atoms. The minimum absolute atomic E-state index is 0.170. The summed E-state index contributed by atoms with van der Waals surface area (Å²) in [6, 6.07) is 3.45. The normalized spacial score (nSPS) is 15.7. The van der Waals surface area contributed by atoms with E-state index in [1.165, 1.54) is 18.0 Å². The molecule has 1 amide bonds. The fourth-order valence-electron chi connectivity index (χ4n) is 1.66. The van der Waals surface area contributed by atoms with Crippen molar-refractivity contribution in [2.24, 2.45) is 0 Å². The average Bonchev–Trinajstić information content (AvgIpc) is 2.41. The fraction of sp³-hybridized carbons (Fsp3) is 0.222. The van der Waals surface area contributed by atoms with Gasteiger partial charge < -0.3 is 17.8 Å². The van der Waals surface area contributed by atoms with Crippen molar-refractivity contribution in [1.82, 2.24) is 0 Å². The molecule has 1 aliphatic heterocycles. The minimum atomic E-state index is -4.99. The summed E-state index contributed by atoms with van der Waals surface area (Å²) in [6.07, 6.45) is 0.191. The molecule has 0 bridgehead atoms. The van der Waals surface area contributed by atoms with Crippen LogP contribution in [-0.4, -0.2) is 19.9 Å². The van der Waals surface area contributed by atoms with E-state index in [2.05, 4.69) is 0 Å². The van der Waals surface area contributed by atoms with Crippen molar-refractivity contribution in [2.45, 2.75) is 6.42 Å². The lowest BCUT2D eigenvalue weighted by Gasteiger charge is -2.17. The summed E-state index contributed by atoms with van der Waals surface area (Å²) in [5.41, 5.74) is 0.373. The Balaban J connectivity index is 2.49. The van der Waals surface area contributed by atoms with E-state index in [1.54, 1.807) is 0 Å². The summed E-state index contributed by atoms with van der Waals surface area (Å²) < 4.78 is 37.3. The standard InChI is InChI=1S/C9H8BF3NO/c1-14-8-5-7(10(11,12)13)3-2-6(8)4-9(14)15/h2-3,5H,4H2,1H3/q-1. The highest BCUT2D eigenvalue weighted by atomic mass is 19.4. The Hall–Kier alpha value is -1.46. The monoisotopic (exact) mass is 214 g/mol. The van der Waals surface area contributed by atoms with Crippen LogP contribution in [0.15, 0.2) is 18.2 Å². The lowest BCUT2D eigenvalue weighted by atomic mass is 9.79. The zero-order valence-corrected chi connectivity index (χ0v) is 8.01. The molecule has 0 aliphatic carbocycles. The molecular weight excluding hydrogens is 206 g/mol. The van der Waals surface area contributed by atoms with Gasteiger partial charge in [0, 0.05) is 12.7 Å². The first-order valence-electron chi connectivity index (χ1n) is 4.49. The van der Waals surface area contributed by atoms with Gasteiger partial charge in [-0.05, 0) is 5.56 Å². The number of carbonyl (C=O) groups excluding carboxylic acids is 1. The van der Waals surface area contributed by atoms with Gasteiger partial charge in [0.2, 0.25) is 5.91 Å². The largest absolute Gasteiger partial charge is 0.509 e. The van der Waals surface area contributed by atoms with Crippen LogP contribution >= 0.6 is 0 Å². The number of amides is 1. The fourth-order valence-corrected chi connectivity index (χ4v) is 1.66. The molecule has 0 N–H and O–H groups in total. The van der Waals surface area contributed by atoms with Gasteiger partial charge in [0.1, 0.15) is 0 Å². The van der Waals surface area contributed by atoms with Crippen LogP contribution in [0.2, 0.25) is 0 Å². The number of benzene rings is 1. The second-order valence-corrected chi connectivity index (χ2v) is 3.59. The van der Waals surface area contributed by atoms with Crippen LogP contribution in [0.3, 0.4) is 0 Å². The number of carbonyl (C=O) groups is 1. The molecule has 6 heteroatoms. The first kappa shape index (κ1) is 10.1. The summed E-state index contributed by atoms with van der Waals surface area (Å²) in [5.74, 6) is -0.170. The highest BCUT2D eigenvalue weighted by molar-refractivity contribution is 6.73.